The van der Waals surface area contributed by atoms with Crippen LogP contribution in [0.2, 0.25) is 0 Å². The van der Waals surface area contributed by atoms with E-state index >= 15 is 0 Å². The van der Waals surface area contributed by atoms with Gasteiger partial charge >= 0.3 is 0 Å². The fourth-order valence-corrected chi connectivity index (χ4v) is 3.90. The lowest BCUT2D eigenvalue weighted by atomic mass is 9.95. The third kappa shape index (κ3) is 4.57. The van der Waals surface area contributed by atoms with Gasteiger partial charge in [0.25, 0.3) is 5.69 Å². The lowest BCUT2D eigenvalue weighted by Crippen LogP contribution is -2.41. The second-order valence-electron chi connectivity index (χ2n) is 6.24. The summed E-state index contributed by atoms with van der Waals surface area (Å²) in [5.41, 5.74) is 0.564. The zero-order chi connectivity index (χ0) is 17.6. The average molecular weight is 359 g/mol. The third-order valence-corrected chi connectivity index (χ3v) is 5.35. The van der Waals surface area contributed by atoms with Crippen molar-refractivity contribution in [2.45, 2.75) is 44.2 Å². The minimum absolute atomic E-state index is 0.00242. The predicted molar refractivity (Wildman–Crippen MR) is 98.8 cm³/mol. The van der Waals surface area contributed by atoms with Crippen LogP contribution in [0.1, 0.15) is 43.0 Å². The van der Waals surface area contributed by atoms with Crippen LogP contribution in [-0.2, 0) is 4.79 Å². The molecule has 0 aliphatic heterocycles. The van der Waals surface area contributed by atoms with E-state index in [0.717, 1.165) is 30.6 Å². The molecule has 7 heteroatoms. The van der Waals surface area contributed by atoms with E-state index < -0.39 is 11.0 Å². The number of hydrogen-bond donors (Lipinski definition) is 2. The zero-order valence-electron chi connectivity index (χ0n) is 13.8. The summed E-state index contributed by atoms with van der Waals surface area (Å²) in [6.45, 7) is 0. The number of anilines is 1. The number of nitrogens with zero attached hydrogens (tertiary/aromatic N) is 1. The fraction of sp³-hybridized carbons (Fsp3) is 0.389. The summed E-state index contributed by atoms with van der Waals surface area (Å²) >= 11 is 1.49. The maximum atomic E-state index is 12.8. The van der Waals surface area contributed by atoms with Crippen LogP contribution in [0.15, 0.2) is 41.8 Å². The molecule has 1 atom stereocenters. The van der Waals surface area contributed by atoms with Crippen molar-refractivity contribution in [3.63, 3.8) is 0 Å². The van der Waals surface area contributed by atoms with E-state index in [2.05, 4.69) is 10.6 Å². The summed E-state index contributed by atoms with van der Waals surface area (Å²) in [4.78, 5) is 24.2. The molecule has 132 valence electrons. The Balaban J connectivity index is 1.77. The lowest BCUT2D eigenvalue weighted by Gasteiger charge is -2.26. The highest BCUT2D eigenvalue weighted by atomic mass is 32.1. The molecule has 25 heavy (non-hydrogen) atoms. The molecule has 6 nitrogen and oxygen atoms in total. The van der Waals surface area contributed by atoms with E-state index in [9.17, 15) is 14.9 Å². The van der Waals surface area contributed by atoms with Gasteiger partial charge in [-0.15, -0.1) is 11.3 Å². The first-order valence-corrected chi connectivity index (χ1v) is 9.36. The van der Waals surface area contributed by atoms with Crippen molar-refractivity contribution in [3.05, 3.63) is 56.8 Å². The minimum Gasteiger partial charge on any atom is -0.369 e. The van der Waals surface area contributed by atoms with Crippen molar-refractivity contribution < 1.29 is 9.72 Å². The van der Waals surface area contributed by atoms with Crippen LogP contribution in [-0.4, -0.2) is 16.9 Å². The SMILES string of the molecule is O=C(NC1CCCCC1)C(Nc1cccc([N+](=O)[O-])c1)c1cccs1. The molecule has 0 spiro atoms. The number of carbonyl (C=O) groups excluding carboxylic acids is 1. The molecule has 0 saturated heterocycles. The molecule has 1 unspecified atom stereocenters. The molecule has 1 aliphatic carbocycles. The molecule has 1 amide bonds. The van der Waals surface area contributed by atoms with E-state index in [1.54, 1.807) is 12.1 Å². The van der Waals surface area contributed by atoms with Crippen LogP contribution in [0, 0.1) is 10.1 Å². The fourth-order valence-electron chi connectivity index (χ4n) is 3.13. The van der Waals surface area contributed by atoms with E-state index in [1.807, 2.05) is 17.5 Å². The first-order valence-electron chi connectivity index (χ1n) is 8.48. The van der Waals surface area contributed by atoms with Gasteiger partial charge in [-0.05, 0) is 30.4 Å². The molecule has 0 bridgehead atoms. The highest BCUT2D eigenvalue weighted by Crippen LogP contribution is 2.27. The van der Waals surface area contributed by atoms with Crippen LogP contribution >= 0.6 is 11.3 Å². The number of benzene rings is 1. The third-order valence-electron chi connectivity index (χ3n) is 4.41. The van der Waals surface area contributed by atoms with Gasteiger partial charge in [0.15, 0.2) is 0 Å². The minimum atomic E-state index is -0.552. The Morgan fingerprint density at radius 2 is 2.00 bits per heavy atom. The van der Waals surface area contributed by atoms with Gasteiger partial charge in [0.05, 0.1) is 4.92 Å². The number of rotatable bonds is 6. The van der Waals surface area contributed by atoms with Gasteiger partial charge in [-0.1, -0.05) is 31.4 Å². The first kappa shape index (κ1) is 17.4. The molecule has 1 fully saturated rings. The summed E-state index contributed by atoms with van der Waals surface area (Å²) in [5, 5.41) is 19.2. The van der Waals surface area contributed by atoms with Crippen LogP contribution in [0.3, 0.4) is 0 Å². The van der Waals surface area contributed by atoms with Gasteiger partial charge in [-0.2, -0.15) is 0 Å². The van der Waals surface area contributed by atoms with Gasteiger partial charge in [0, 0.05) is 28.7 Å². The van der Waals surface area contributed by atoms with Crippen LogP contribution in [0.5, 0.6) is 0 Å². The van der Waals surface area contributed by atoms with Crippen LogP contribution in [0.25, 0.3) is 0 Å². The average Bonchev–Trinajstić information content (AvgIpc) is 3.15. The number of thiophene rings is 1. The Morgan fingerprint density at radius 3 is 2.68 bits per heavy atom. The van der Waals surface area contributed by atoms with Crippen molar-refractivity contribution >= 4 is 28.6 Å². The number of non-ortho nitro benzene ring substituents is 1. The molecular formula is C18H21N3O3S. The quantitative estimate of drug-likeness (QED) is 0.596. The van der Waals surface area contributed by atoms with Gasteiger partial charge in [0.1, 0.15) is 6.04 Å². The van der Waals surface area contributed by atoms with Crippen molar-refractivity contribution in [1.29, 1.82) is 0 Å². The number of nitrogens with one attached hydrogen (secondary N) is 2. The Labute approximate surface area is 150 Å². The van der Waals surface area contributed by atoms with Gasteiger partial charge in [0.2, 0.25) is 5.91 Å². The molecule has 2 N–H and O–H groups in total. The van der Waals surface area contributed by atoms with E-state index in [1.165, 1.54) is 29.9 Å². The summed E-state index contributed by atoms with van der Waals surface area (Å²) in [6, 6.07) is 9.71. The van der Waals surface area contributed by atoms with E-state index in [4.69, 9.17) is 0 Å². The molecule has 3 rings (SSSR count). The predicted octanol–water partition coefficient (Wildman–Crippen LogP) is 4.26. The van der Waals surface area contributed by atoms with E-state index in [-0.39, 0.29) is 17.6 Å². The van der Waals surface area contributed by atoms with Gasteiger partial charge in [-0.25, -0.2) is 0 Å². The summed E-state index contributed by atoms with van der Waals surface area (Å²) < 4.78 is 0. The highest BCUT2D eigenvalue weighted by molar-refractivity contribution is 7.10. The molecule has 0 radical (unpaired) electrons. The van der Waals surface area contributed by atoms with Crippen LogP contribution in [0.4, 0.5) is 11.4 Å². The molecule has 1 aromatic carbocycles. The Hall–Kier alpha value is -2.41. The topological polar surface area (TPSA) is 84.3 Å². The standard InChI is InChI=1S/C18H21N3O3S/c22-18(20-13-6-2-1-3-7-13)17(16-10-5-11-25-16)19-14-8-4-9-15(12-14)21(23)24/h4-5,8-13,17,19H,1-3,6-7H2,(H,20,22). The smallest absolute Gasteiger partial charge is 0.271 e. The van der Waals surface area contributed by atoms with Crippen molar-refractivity contribution in [1.82, 2.24) is 5.32 Å². The Bertz CT molecular complexity index is 727. The normalized spacial score (nSPS) is 16.2. The molecule has 1 aromatic heterocycles. The lowest BCUT2D eigenvalue weighted by molar-refractivity contribution is -0.384. The van der Waals surface area contributed by atoms with Crippen molar-refractivity contribution in [2.75, 3.05) is 5.32 Å². The van der Waals surface area contributed by atoms with Crippen molar-refractivity contribution in [3.8, 4) is 0 Å². The Kier molecular flexibility index (Phi) is 5.65. The summed E-state index contributed by atoms with van der Waals surface area (Å²) in [7, 11) is 0. The molecule has 1 heterocycles. The highest BCUT2D eigenvalue weighted by Gasteiger charge is 2.25. The molecular weight excluding hydrogens is 338 g/mol. The number of carbonyl (C=O) groups is 1. The second-order valence-corrected chi connectivity index (χ2v) is 7.22. The molecule has 2 aromatic rings. The van der Waals surface area contributed by atoms with Gasteiger partial charge in [-0.3, -0.25) is 14.9 Å². The largest absolute Gasteiger partial charge is 0.369 e. The molecule has 1 aliphatic rings. The number of nitro benzene ring substituents is 1. The van der Waals surface area contributed by atoms with Gasteiger partial charge < -0.3 is 10.6 Å². The maximum Gasteiger partial charge on any atom is 0.271 e. The first-order chi connectivity index (χ1) is 12.1. The molecule has 1 saturated carbocycles. The monoisotopic (exact) mass is 359 g/mol. The zero-order valence-corrected chi connectivity index (χ0v) is 14.6. The van der Waals surface area contributed by atoms with E-state index in [0.29, 0.717) is 5.69 Å². The summed E-state index contributed by atoms with van der Waals surface area (Å²) in [6.07, 6.45) is 5.55. The number of hydrogen-bond acceptors (Lipinski definition) is 5. The van der Waals surface area contributed by atoms with Crippen molar-refractivity contribution in [2.24, 2.45) is 0 Å². The number of amides is 1. The maximum absolute atomic E-state index is 12.8. The Morgan fingerprint density at radius 1 is 1.20 bits per heavy atom. The summed E-state index contributed by atoms with van der Waals surface area (Å²) in [5.74, 6) is -0.0825. The number of nitro groups is 1. The van der Waals surface area contributed by atoms with Crippen LogP contribution < -0.4 is 10.6 Å². The second kappa shape index (κ2) is 8.11.